The summed E-state index contributed by atoms with van der Waals surface area (Å²) in [4.78, 5) is 22.0. The van der Waals surface area contributed by atoms with E-state index >= 15 is 0 Å². The first kappa shape index (κ1) is 11.9. The lowest BCUT2D eigenvalue weighted by atomic mass is 9.80. The molecule has 1 aliphatic rings. The number of esters is 1. The maximum atomic E-state index is 11.3. The lowest BCUT2D eigenvalue weighted by molar-refractivity contribution is -0.574. The van der Waals surface area contributed by atoms with E-state index in [1.54, 1.807) is 6.92 Å². The Morgan fingerprint density at radius 1 is 1.40 bits per heavy atom. The Balaban J connectivity index is 2.64. The van der Waals surface area contributed by atoms with Gasteiger partial charge in [0.1, 0.15) is 6.42 Å². The van der Waals surface area contributed by atoms with Crippen LogP contribution in [0.25, 0.3) is 0 Å². The Labute approximate surface area is 88.9 Å². The zero-order chi connectivity index (χ0) is 11.3. The molecule has 0 spiro atoms. The summed E-state index contributed by atoms with van der Waals surface area (Å²) in [5.41, 5.74) is -1.05. The number of carbonyl (C=O) groups is 1. The number of carbonyl (C=O) groups excluding carboxylic acids is 1. The molecule has 0 aromatic heterocycles. The Morgan fingerprint density at radius 3 is 2.47 bits per heavy atom. The molecule has 1 rings (SSSR count). The minimum Gasteiger partial charge on any atom is -0.466 e. The van der Waals surface area contributed by atoms with Crippen LogP contribution in [0.1, 0.15) is 45.4 Å². The van der Waals surface area contributed by atoms with Gasteiger partial charge in [-0.2, -0.15) is 0 Å². The van der Waals surface area contributed by atoms with Crippen molar-refractivity contribution in [2.45, 2.75) is 51.0 Å². The third-order valence-corrected chi connectivity index (χ3v) is 2.95. The Hall–Kier alpha value is -1.13. The summed E-state index contributed by atoms with van der Waals surface area (Å²) >= 11 is 0. The standard InChI is InChI=1S/C10H17NO4/c1-2-15-9(12)8-10(11(13)14)6-4-3-5-7-10/h2-8H2,1H3. The summed E-state index contributed by atoms with van der Waals surface area (Å²) in [6.45, 7) is 1.99. The lowest BCUT2D eigenvalue weighted by Gasteiger charge is -2.27. The van der Waals surface area contributed by atoms with Crippen LogP contribution in [0.15, 0.2) is 0 Å². The first-order valence-corrected chi connectivity index (χ1v) is 5.41. The van der Waals surface area contributed by atoms with Gasteiger partial charge < -0.3 is 4.74 Å². The molecule has 0 heterocycles. The van der Waals surface area contributed by atoms with Crippen LogP contribution < -0.4 is 0 Å². The number of hydrogen-bond donors (Lipinski definition) is 0. The third-order valence-electron chi connectivity index (χ3n) is 2.95. The molecule has 0 aromatic carbocycles. The number of nitro groups is 1. The van der Waals surface area contributed by atoms with Gasteiger partial charge in [0.2, 0.25) is 5.54 Å². The van der Waals surface area contributed by atoms with E-state index in [0.717, 1.165) is 19.3 Å². The number of nitrogens with zero attached hydrogens (tertiary/aromatic N) is 1. The minimum absolute atomic E-state index is 0.0756. The normalized spacial score (nSPS) is 19.5. The Kier molecular flexibility index (Phi) is 4.05. The van der Waals surface area contributed by atoms with Crippen molar-refractivity contribution >= 4 is 5.97 Å². The van der Waals surface area contributed by atoms with Crippen LogP contribution in [0.3, 0.4) is 0 Å². The van der Waals surface area contributed by atoms with Crippen LogP contribution in [0.2, 0.25) is 0 Å². The van der Waals surface area contributed by atoms with Gasteiger partial charge in [-0.15, -0.1) is 0 Å². The predicted octanol–water partition coefficient (Wildman–Crippen LogP) is 1.92. The average molecular weight is 215 g/mol. The quantitative estimate of drug-likeness (QED) is 0.408. The second-order valence-electron chi connectivity index (χ2n) is 4.02. The fourth-order valence-corrected chi connectivity index (χ4v) is 2.11. The molecule has 0 radical (unpaired) electrons. The minimum atomic E-state index is -1.05. The zero-order valence-corrected chi connectivity index (χ0v) is 9.03. The third kappa shape index (κ3) is 2.91. The largest absolute Gasteiger partial charge is 0.466 e. The molecule has 1 saturated carbocycles. The van der Waals surface area contributed by atoms with Gasteiger partial charge in [0, 0.05) is 17.8 Å². The van der Waals surface area contributed by atoms with E-state index in [4.69, 9.17) is 4.74 Å². The molecule has 0 bridgehead atoms. The summed E-state index contributed by atoms with van der Waals surface area (Å²) in [5.74, 6) is -0.448. The highest BCUT2D eigenvalue weighted by Crippen LogP contribution is 2.34. The van der Waals surface area contributed by atoms with E-state index in [9.17, 15) is 14.9 Å². The Morgan fingerprint density at radius 2 is 2.00 bits per heavy atom. The van der Waals surface area contributed by atoms with Gasteiger partial charge in [0.05, 0.1) is 6.61 Å². The van der Waals surface area contributed by atoms with E-state index in [1.165, 1.54) is 0 Å². The molecule has 0 unspecified atom stereocenters. The van der Waals surface area contributed by atoms with Crippen LogP contribution in [-0.4, -0.2) is 23.0 Å². The molecule has 5 nitrogen and oxygen atoms in total. The monoisotopic (exact) mass is 215 g/mol. The number of hydrogen-bond acceptors (Lipinski definition) is 4. The summed E-state index contributed by atoms with van der Waals surface area (Å²) < 4.78 is 4.78. The van der Waals surface area contributed by atoms with E-state index in [1.807, 2.05) is 0 Å². The maximum Gasteiger partial charge on any atom is 0.313 e. The van der Waals surface area contributed by atoms with E-state index < -0.39 is 11.5 Å². The van der Waals surface area contributed by atoms with Gasteiger partial charge in [-0.25, -0.2) is 0 Å². The van der Waals surface area contributed by atoms with Crippen molar-refractivity contribution in [3.63, 3.8) is 0 Å². The molecule has 1 fully saturated rings. The first-order valence-electron chi connectivity index (χ1n) is 5.41. The molecule has 0 saturated heterocycles. The van der Waals surface area contributed by atoms with Gasteiger partial charge in [0.15, 0.2) is 0 Å². The van der Waals surface area contributed by atoms with Gasteiger partial charge in [-0.05, 0) is 19.8 Å². The zero-order valence-electron chi connectivity index (χ0n) is 9.03. The fraction of sp³-hybridized carbons (Fsp3) is 0.900. The van der Waals surface area contributed by atoms with Crippen molar-refractivity contribution in [2.24, 2.45) is 0 Å². The van der Waals surface area contributed by atoms with Crippen molar-refractivity contribution in [1.29, 1.82) is 0 Å². The van der Waals surface area contributed by atoms with E-state index in [0.29, 0.717) is 12.8 Å². The molecule has 0 amide bonds. The molecule has 86 valence electrons. The Bertz CT molecular complexity index is 246. The fourth-order valence-electron chi connectivity index (χ4n) is 2.11. The molecule has 0 N–H and O–H groups in total. The summed E-state index contributed by atoms with van der Waals surface area (Å²) in [7, 11) is 0. The van der Waals surface area contributed by atoms with Crippen molar-refractivity contribution in [3.05, 3.63) is 10.1 Å². The first-order chi connectivity index (χ1) is 7.10. The molecule has 0 aliphatic heterocycles. The second-order valence-corrected chi connectivity index (χ2v) is 4.02. The highest BCUT2D eigenvalue weighted by molar-refractivity contribution is 5.70. The molecular weight excluding hydrogens is 198 g/mol. The van der Waals surface area contributed by atoms with Crippen LogP contribution in [0, 0.1) is 10.1 Å². The average Bonchev–Trinajstić information content (AvgIpc) is 2.19. The topological polar surface area (TPSA) is 69.4 Å². The van der Waals surface area contributed by atoms with Crippen molar-refractivity contribution < 1.29 is 14.5 Å². The van der Waals surface area contributed by atoms with Crippen LogP contribution >= 0.6 is 0 Å². The van der Waals surface area contributed by atoms with E-state index in [-0.39, 0.29) is 18.0 Å². The van der Waals surface area contributed by atoms with Gasteiger partial charge in [0.25, 0.3) is 0 Å². The molecule has 1 aliphatic carbocycles. The molecule has 15 heavy (non-hydrogen) atoms. The van der Waals surface area contributed by atoms with Gasteiger partial charge >= 0.3 is 5.97 Å². The van der Waals surface area contributed by atoms with Gasteiger partial charge in [-0.1, -0.05) is 6.42 Å². The summed E-state index contributed by atoms with van der Waals surface area (Å²) in [6.07, 6.45) is 3.62. The predicted molar refractivity (Wildman–Crippen MR) is 54.1 cm³/mol. The van der Waals surface area contributed by atoms with Gasteiger partial charge in [-0.3, -0.25) is 14.9 Å². The highest BCUT2D eigenvalue weighted by Gasteiger charge is 2.46. The molecular formula is C10H17NO4. The van der Waals surface area contributed by atoms with Crippen LogP contribution in [0.5, 0.6) is 0 Å². The smallest absolute Gasteiger partial charge is 0.313 e. The maximum absolute atomic E-state index is 11.3. The molecule has 5 heteroatoms. The van der Waals surface area contributed by atoms with E-state index in [2.05, 4.69) is 0 Å². The second kappa shape index (κ2) is 5.09. The number of ether oxygens (including phenoxy) is 1. The summed E-state index contributed by atoms with van der Waals surface area (Å²) in [6, 6.07) is 0. The SMILES string of the molecule is CCOC(=O)CC1([N+](=O)[O-])CCCCC1. The van der Waals surface area contributed by atoms with Crippen LogP contribution in [-0.2, 0) is 9.53 Å². The molecule has 0 atom stereocenters. The molecule has 0 aromatic rings. The lowest BCUT2D eigenvalue weighted by Crippen LogP contribution is -2.42. The highest BCUT2D eigenvalue weighted by atomic mass is 16.6. The van der Waals surface area contributed by atoms with Crippen molar-refractivity contribution in [2.75, 3.05) is 6.61 Å². The van der Waals surface area contributed by atoms with Crippen molar-refractivity contribution in [3.8, 4) is 0 Å². The van der Waals surface area contributed by atoms with Crippen LogP contribution in [0.4, 0.5) is 0 Å². The summed E-state index contributed by atoms with van der Waals surface area (Å²) in [5, 5.41) is 11.0. The number of rotatable bonds is 4. The van der Waals surface area contributed by atoms with Crippen molar-refractivity contribution in [1.82, 2.24) is 0 Å².